The van der Waals surface area contributed by atoms with Crippen LogP contribution >= 0.6 is 0 Å². The predicted molar refractivity (Wildman–Crippen MR) is 98.9 cm³/mol. The van der Waals surface area contributed by atoms with E-state index in [0.29, 0.717) is 0 Å². The summed E-state index contributed by atoms with van der Waals surface area (Å²) in [6.07, 6.45) is 8.55. The van der Waals surface area contributed by atoms with Crippen LogP contribution < -0.4 is 5.73 Å². The van der Waals surface area contributed by atoms with Gasteiger partial charge < -0.3 is 10.8 Å². The highest BCUT2D eigenvalue weighted by molar-refractivity contribution is 5.75. The average molecular weight is 307 g/mol. The fraction of sp³-hybridized carbons (Fsp3) is 0.238. The Hall–Kier alpha value is -2.32. The second-order valence-corrected chi connectivity index (χ2v) is 5.58. The van der Waals surface area contributed by atoms with E-state index in [2.05, 4.69) is 48.5 Å². The van der Waals surface area contributed by atoms with E-state index in [1.165, 1.54) is 16.7 Å². The van der Waals surface area contributed by atoms with Crippen molar-refractivity contribution in [2.75, 3.05) is 6.61 Å². The summed E-state index contributed by atoms with van der Waals surface area (Å²) in [5.74, 6) is 0. The Morgan fingerprint density at radius 2 is 1.57 bits per heavy atom. The number of aliphatic hydroxyl groups excluding tert-OH is 1. The molecule has 0 heterocycles. The zero-order chi connectivity index (χ0) is 16.5. The van der Waals surface area contributed by atoms with Crippen molar-refractivity contribution in [3.63, 3.8) is 0 Å². The van der Waals surface area contributed by atoms with Gasteiger partial charge in [-0.3, -0.25) is 0 Å². The molecular formula is C21H25NO. The van der Waals surface area contributed by atoms with Gasteiger partial charge in [0, 0.05) is 12.8 Å². The highest BCUT2D eigenvalue weighted by atomic mass is 16.2. The molecule has 0 saturated carbocycles. The van der Waals surface area contributed by atoms with Crippen LogP contribution in [0.2, 0.25) is 0 Å². The molecule has 0 aliphatic carbocycles. The Morgan fingerprint density at radius 1 is 0.957 bits per heavy atom. The second kappa shape index (κ2) is 8.96. The monoisotopic (exact) mass is 307 g/mol. The fourth-order valence-corrected chi connectivity index (χ4v) is 2.59. The molecule has 0 bridgehead atoms. The highest BCUT2D eigenvalue weighted by Gasteiger charge is 2.01. The zero-order valence-electron chi connectivity index (χ0n) is 13.7. The van der Waals surface area contributed by atoms with E-state index in [0.717, 1.165) is 30.4 Å². The first-order valence-electron chi connectivity index (χ1n) is 8.13. The smallest absolute Gasteiger partial charge is 0.0431 e. The molecule has 0 aliphatic heterocycles. The van der Waals surface area contributed by atoms with Gasteiger partial charge in [-0.2, -0.15) is 0 Å². The van der Waals surface area contributed by atoms with Gasteiger partial charge in [0.1, 0.15) is 0 Å². The summed E-state index contributed by atoms with van der Waals surface area (Å²) < 4.78 is 0. The normalized spacial score (nSPS) is 12.0. The first-order valence-corrected chi connectivity index (χ1v) is 8.13. The number of benzene rings is 2. The van der Waals surface area contributed by atoms with Gasteiger partial charge in [-0.15, -0.1) is 0 Å². The number of allylic oxidation sites excluding steroid dienone is 3. The molecule has 2 nitrogen and oxygen atoms in total. The van der Waals surface area contributed by atoms with Crippen LogP contribution in [-0.2, 0) is 6.42 Å². The lowest BCUT2D eigenvalue weighted by atomic mass is 9.99. The average Bonchev–Trinajstić information content (AvgIpc) is 2.61. The molecule has 2 heteroatoms. The van der Waals surface area contributed by atoms with Crippen molar-refractivity contribution in [3.8, 4) is 11.1 Å². The number of aryl methyl sites for hydroxylation is 1. The quantitative estimate of drug-likeness (QED) is 0.582. The SMILES string of the molecule is C/C=C\C(=C/N)c1ccc(-c2ccc(CCCCO)cc2)cc1. The molecule has 2 aromatic carbocycles. The number of rotatable bonds is 7. The third-order valence-electron chi connectivity index (χ3n) is 3.90. The molecule has 0 amide bonds. The molecule has 0 radical (unpaired) electrons. The molecule has 0 saturated heterocycles. The topological polar surface area (TPSA) is 46.2 Å². The minimum atomic E-state index is 0.275. The third kappa shape index (κ3) is 4.83. The molecule has 0 spiro atoms. The van der Waals surface area contributed by atoms with Gasteiger partial charge in [-0.25, -0.2) is 0 Å². The standard InChI is InChI=1S/C21H25NO/c1-2-5-21(16-22)20-13-11-19(12-14-20)18-9-7-17(8-10-18)6-3-4-15-23/h2,5,7-14,16,23H,3-4,6,15,22H2,1H3/b5-2-,21-16+. The first kappa shape index (κ1) is 17.0. The molecule has 0 aliphatic rings. The maximum Gasteiger partial charge on any atom is 0.0431 e. The van der Waals surface area contributed by atoms with Crippen LogP contribution in [0.25, 0.3) is 16.7 Å². The third-order valence-corrected chi connectivity index (χ3v) is 3.90. The Labute approximate surface area is 139 Å². The van der Waals surface area contributed by atoms with E-state index in [-0.39, 0.29) is 6.61 Å². The van der Waals surface area contributed by atoms with Crippen LogP contribution in [0.1, 0.15) is 30.9 Å². The zero-order valence-corrected chi connectivity index (χ0v) is 13.7. The van der Waals surface area contributed by atoms with E-state index >= 15 is 0 Å². The summed E-state index contributed by atoms with van der Waals surface area (Å²) in [5, 5.41) is 8.83. The molecular weight excluding hydrogens is 282 g/mol. The number of unbranched alkanes of at least 4 members (excludes halogenated alkanes) is 1. The van der Waals surface area contributed by atoms with Crippen molar-refractivity contribution in [2.45, 2.75) is 26.2 Å². The Balaban J connectivity index is 2.10. The van der Waals surface area contributed by atoms with Crippen LogP contribution in [-0.4, -0.2) is 11.7 Å². The van der Waals surface area contributed by atoms with Crippen LogP contribution in [0.15, 0.2) is 66.9 Å². The molecule has 23 heavy (non-hydrogen) atoms. The van der Waals surface area contributed by atoms with Gasteiger partial charge in [0.2, 0.25) is 0 Å². The molecule has 3 N–H and O–H groups in total. The summed E-state index contributed by atoms with van der Waals surface area (Å²) in [6.45, 7) is 2.26. The lowest BCUT2D eigenvalue weighted by Crippen LogP contribution is -1.89. The van der Waals surface area contributed by atoms with Crippen molar-refractivity contribution in [1.29, 1.82) is 0 Å². The predicted octanol–water partition coefficient (Wildman–Crippen LogP) is 4.54. The van der Waals surface area contributed by atoms with Crippen molar-refractivity contribution >= 4 is 5.57 Å². The number of nitrogens with two attached hydrogens (primary N) is 1. The Bertz CT molecular complexity index is 651. The van der Waals surface area contributed by atoms with Crippen molar-refractivity contribution in [3.05, 3.63) is 78.0 Å². The summed E-state index contributed by atoms with van der Waals surface area (Å²) >= 11 is 0. The molecule has 0 unspecified atom stereocenters. The maximum absolute atomic E-state index is 8.83. The largest absolute Gasteiger partial charge is 0.404 e. The fourth-order valence-electron chi connectivity index (χ4n) is 2.59. The lowest BCUT2D eigenvalue weighted by Gasteiger charge is -2.07. The van der Waals surface area contributed by atoms with Crippen LogP contribution in [0.3, 0.4) is 0 Å². The van der Waals surface area contributed by atoms with Crippen LogP contribution in [0, 0.1) is 0 Å². The first-order chi connectivity index (χ1) is 11.3. The van der Waals surface area contributed by atoms with E-state index < -0.39 is 0 Å². The summed E-state index contributed by atoms with van der Waals surface area (Å²) in [5.41, 5.74) is 11.6. The molecule has 2 rings (SSSR count). The van der Waals surface area contributed by atoms with Gasteiger partial charge in [0.05, 0.1) is 0 Å². The highest BCUT2D eigenvalue weighted by Crippen LogP contribution is 2.23. The molecule has 0 atom stereocenters. The van der Waals surface area contributed by atoms with E-state index in [9.17, 15) is 0 Å². The van der Waals surface area contributed by atoms with Gasteiger partial charge in [-0.05, 0) is 54.0 Å². The van der Waals surface area contributed by atoms with Crippen molar-refractivity contribution in [2.24, 2.45) is 5.73 Å². The number of hydrogen-bond acceptors (Lipinski definition) is 2. The van der Waals surface area contributed by atoms with Crippen molar-refractivity contribution in [1.82, 2.24) is 0 Å². The number of hydrogen-bond donors (Lipinski definition) is 2. The number of aliphatic hydroxyl groups is 1. The summed E-state index contributed by atoms with van der Waals surface area (Å²) in [6, 6.07) is 17.1. The van der Waals surface area contributed by atoms with E-state index in [4.69, 9.17) is 10.8 Å². The minimum absolute atomic E-state index is 0.275. The lowest BCUT2D eigenvalue weighted by molar-refractivity contribution is 0.284. The van der Waals surface area contributed by atoms with Gasteiger partial charge >= 0.3 is 0 Å². The Kier molecular flexibility index (Phi) is 6.64. The second-order valence-electron chi connectivity index (χ2n) is 5.58. The van der Waals surface area contributed by atoms with E-state index in [1.807, 2.05) is 19.1 Å². The molecule has 0 aromatic heterocycles. The van der Waals surface area contributed by atoms with Gasteiger partial charge in [0.15, 0.2) is 0 Å². The summed E-state index contributed by atoms with van der Waals surface area (Å²) in [7, 11) is 0. The maximum atomic E-state index is 8.83. The van der Waals surface area contributed by atoms with Crippen molar-refractivity contribution < 1.29 is 5.11 Å². The van der Waals surface area contributed by atoms with Crippen LogP contribution in [0.5, 0.6) is 0 Å². The van der Waals surface area contributed by atoms with Gasteiger partial charge in [0.25, 0.3) is 0 Å². The minimum Gasteiger partial charge on any atom is -0.404 e. The van der Waals surface area contributed by atoms with Crippen LogP contribution in [0.4, 0.5) is 0 Å². The molecule has 0 fully saturated rings. The summed E-state index contributed by atoms with van der Waals surface area (Å²) in [4.78, 5) is 0. The van der Waals surface area contributed by atoms with E-state index in [1.54, 1.807) is 6.20 Å². The molecule has 2 aromatic rings. The molecule has 120 valence electrons. The van der Waals surface area contributed by atoms with Gasteiger partial charge in [-0.1, -0.05) is 60.7 Å². The Morgan fingerprint density at radius 3 is 2.09 bits per heavy atom.